The van der Waals surface area contributed by atoms with Crippen LogP contribution in [0.5, 0.6) is 0 Å². The van der Waals surface area contributed by atoms with Gasteiger partial charge in [0, 0.05) is 18.2 Å². The summed E-state index contributed by atoms with van der Waals surface area (Å²) in [6, 6.07) is 15.6. The van der Waals surface area contributed by atoms with Gasteiger partial charge in [0.1, 0.15) is 5.82 Å². The largest absolute Gasteiger partial charge is 0.481 e. The molecule has 1 N–H and O–H groups in total. The zero-order valence-electron chi connectivity index (χ0n) is 12.3. The summed E-state index contributed by atoms with van der Waals surface area (Å²) >= 11 is 0. The maximum atomic E-state index is 13.1. The highest BCUT2D eigenvalue weighted by Gasteiger charge is 2.13. The first-order chi connectivity index (χ1) is 11.1. The Kier molecular flexibility index (Phi) is 4.19. The number of aliphatic carboxylic acids is 1. The van der Waals surface area contributed by atoms with E-state index in [1.165, 1.54) is 12.1 Å². The van der Waals surface area contributed by atoms with Crippen molar-refractivity contribution in [3.8, 4) is 16.9 Å². The van der Waals surface area contributed by atoms with Crippen molar-refractivity contribution in [1.29, 1.82) is 0 Å². The number of nitrogens with zero attached hydrogens (tertiary/aromatic N) is 2. The van der Waals surface area contributed by atoms with E-state index in [1.807, 2.05) is 30.3 Å². The SMILES string of the molecule is O=C(O)CCc1cn(-c2ccc(F)cc2)nc1-c1ccccc1. The Labute approximate surface area is 132 Å². The average molecular weight is 310 g/mol. The number of hydrogen-bond donors (Lipinski definition) is 1. The molecular weight excluding hydrogens is 295 g/mol. The van der Waals surface area contributed by atoms with E-state index in [-0.39, 0.29) is 12.2 Å². The fraction of sp³-hybridized carbons (Fsp3) is 0.111. The summed E-state index contributed by atoms with van der Waals surface area (Å²) in [7, 11) is 0. The molecule has 0 aliphatic rings. The molecule has 0 aliphatic heterocycles. The van der Waals surface area contributed by atoms with Gasteiger partial charge in [-0.15, -0.1) is 0 Å². The molecular formula is C18H15FN2O2. The van der Waals surface area contributed by atoms with Crippen molar-refractivity contribution in [3.63, 3.8) is 0 Å². The van der Waals surface area contributed by atoms with Gasteiger partial charge in [-0.3, -0.25) is 4.79 Å². The first-order valence-electron chi connectivity index (χ1n) is 7.25. The second kappa shape index (κ2) is 6.44. The molecule has 0 atom stereocenters. The molecule has 0 aliphatic carbocycles. The highest BCUT2D eigenvalue weighted by atomic mass is 19.1. The Hall–Kier alpha value is -2.95. The first kappa shape index (κ1) is 15.0. The number of carboxylic acids is 1. The monoisotopic (exact) mass is 310 g/mol. The van der Waals surface area contributed by atoms with Crippen LogP contribution in [0.15, 0.2) is 60.8 Å². The third-order valence-electron chi connectivity index (χ3n) is 3.54. The van der Waals surface area contributed by atoms with E-state index >= 15 is 0 Å². The predicted molar refractivity (Wildman–Crippen MR) is 84.9 cm³/mol. The van der Waals surface area contributed by atoms with E-state index < -0.39 is 5.97 Å². The molecule has 2 aromatic carbocycles. The van der Waals surface area contributed by atoms with Gasteiger partial charge in [0.25, 0.3) is 0 Å². The third-order valence-corrected chi connectivity index (χ3v) is 3.54. The van der Waals surface area contributed by atoms with E-state index in [2.05, 4.69) is 5.10 Å². The van der Waals surface area contributed by atoms with Gasteiger partial charge in [-0.2, -0.15) is 5.10 Å². The molecule has 5 heteroatoms. The molecule has 1 heterocycles. The van der Waals surface area contributed by atoms with Gasteiger partial charge >= 0.3 is 5.97 Å². The molecule has 116 valence electrons. The Morgan fingerprint density at radius 1 is 1.09 bits per heavy atom. The van der Waals surface area contributed by atoms with Crippen molar-refractivity contribution in [3.05, 3.63) is 72.2 Å². The summed E-state index contributed by atoms with van der Waals surface area (Å²) in [6.45, 7) is 0. The van der Waals surface area contributed by atoms with E-state index in [0.29, 0.717) is 6.42 Å². The van der Waals surface area contributed by atoms with Crippen LogP contribution in [0.1, 0.15) is 12.0 Å². The molecule has 0 radical (unpaired) electrons. The number of hydrogen-bond acceptors (Lipinski definition) is 2. The van der Waals surface area contributed by atoms with Crippen LogP contribution in [0, 0.1) is 5.82 Å². The number of rotatable bonds is 5. The molecule has 0 unspecified atom stereocenters. The zero-order chi connectivity index (χ0) is 16.2. The van der Waals surface area contributed by atoms with Crippen molar-refractivity contribution >= 4 is 5.97 Å². The molecule has 23 heavy (non-hydrogen) atoms. The first-order valence-corrected chi connectivity index (χ1v) is 7.25. The lowest BCUT2D eigenvalue weighted by Crippen LogP contribution is -1.97. The van der Waals surface area contributed by atoms with Gasteiger partial charge in [-0.05, 0) is 36.2 Å². The van der Waals surface area contributed by atoms with Crippen molar-refractivity contribution in [2.24, 2.45) is 0 Å². The van der Waals surface area contributed by atoms with Crippen molar-refractivity contribution in [1.82, 2.24) is 9.78 Å². The summed E-state index contributed by atoms with van der Waals surface area (Å²) in [4.78, 5) is 10.9. The second-order valence-corrected chi connectivity index (χ2v) is 5.18. The van der Waals surface area contributed by atoms with Gasteiger partial charge in [-0.1, -0.05) is 30.3 Å². The summed E-state index contributed by atoms with van der Waals surface area (Å²) < 4.78 is 14.7. The van der Waals surface area contributed by atoms with Crippen LogP contribution in [0.2, 0.25) is 0 Å². The zero-order valence-corrected chi connectivity index (χ0v) is 12.3. The molecule has 3 aromatic rings. The highest BCUT2D eigenvalue weighted by Crippen LogP contribution is 2.24. The molecule has 0 saturated carbocycles. The number of carboxylic acid groups (broad SMARTS) is 1. The van der Waals surface area contributed by atoms with Crippen LogP contribution >= 0.6 is 0 Å². The van der Waals surface area contributed by atoms with E-state index in [0.717, 1.165) is 22.5 Å². The van der Waals surface area contributed by atoms with Gasteiger partial charge in [0.05, 0.1) is 11.4 Å². The van der Waals surface area contributed by atoms with Crippen LogP contribution < -0.4 is 0 Å². The van der Waals surface area contributed by atoms with Crippen molar-refractivity contribution < 1.29 is 14.3 Å². The molecule has 0 bridgehead atoms. The number of carbonyl (C=O) groups is 1. The molecule has 0 spiro atoms. The van der Waals surface area contributed by atoms with Crippen LogP contribution in [-0.2, 0) is 11.2 Å². The number of aromatic nitrogens is 2. The number of aryl methyl sites for hydroxylation is 1. The standard InChI is InChI=1S/C18H15FN2O2/c19-15-7-9-16(10-8-15)21-12-14(6-11-17(22)23)18(20-21)13-4-2-1-3-5-13/h1-5,7-10,12H,6,11H2,(H,22,23). The predicted octanol–water partition coefficient (Wildman–Crippen LogP) is 3.70. The summed E-state index contributed by atoms with van der Waals surface area (Å²) in [5.41, 5.74) is 3.25. The lowest BCUT2D eigenvalue weighted by Gasteiger charge is -2.01. The summed E-state index contributed by atoms with van der Waals surface area (Å²) in [6.07, 6.45) is 2.23. The Morgan fingerprint density at radius 3 is 2.43 bits per heavy atom. The van der Waals surface area contributed by atoms with Crippen LogP contribution in [0.3, 0.4) is 0 Å². The lowest BCUT2D eigenvalue weighted by atomic mass is 10.0. The summed E-state index contributed by atoms with van der Waals surface area (Å²) in [5, 5.41) is 13.5. The molecule has 0 saturated heterocycles. The maximum Gasteiger partial charge on any atom is 0.303 e. The van der Waals surface area contributed by atoms with Crippen molar-refractivity contribution in [2.75, 3.05) is 0 Å². The van der Waals surface area contributed by atoms with Gasteiger partial charge in [0.2, 0.25) is 0 Å². The van der Waals surface area contributed by atoms with Gasteiger partial charge < -0.3 is 5.11 Å². The fourth-order valence-electron chi connectivity index (χ4n) is 2.40. The Balaban J connectivity index is 2.02. The number of halogens is 1. The maximum absolute atomic E-state index is 13.1. The highest BCUT2D eigenvalue weighted by molar-refractivity contribution is 5.69. The molecule has 0 amide bonds. The normalized spacial score (nSPS) is 10.7. The smallest absolute Gasteiger partial charge is 0.303 e. The second-order valence-electron chi connectivity index (χ2n) is 5.18. The van der Waals surface area contributed by atoms with E-state index in [4.69, 9.17) is 5.11 Å². The van der Waals surface area contributed by atoms with Gasteiger partial charge in [0.15, 0.2) is 0 Å². The fourth-order valence-corrected chi connectivity index (χ4v) is 2.40. The van der Waals surface area contributed by atoms with Crippen LogP contribution in [0.25, 0.3) is 16.9 Å². The summed E-state index contributed by atoms with van der Waals surface area (Å²) in [5.74, 6) is -1.16. The molecule has 4 nitrogen and oxygen atoms in total. The minimum Gasteiger partial charge on any atom is -0.481 e. The lowest BCUT2D eigenvalue weighted by molar-refractivity contribution is -0.136. The van der Waals surface area contributed by atoms with Gasteiger partial charge in [-0.25, -0.2) is 9.07 Å². The van der Waals surface area contributed by atoms with E-state index in [9.17, 15) is 9.18 Å². The molecule has 1 aromatic heterocycles. The quantitative estimate of drug-likeness (QED) is 0.782. The Bertz CT molecular complexity index is 811. The molecule has 0 fully saturated rings. The third kappa shape index (κ3) is 3.45. The van der Waals surface area contributed by atoms with Crippen molar-refractivity contribution in [2.45, 2.75) is 12.8 Å². The minimum absolute atomic E-state index is 0.0367. The average Bonchev–Trinajstić information content (AvgIpc) is 2.98. The van der Waals surface area contributed by atoms with E-state index in [1.54, 1.807) is 23.0 Å². The van der Waals surface area contributed by atoms with Crippen LogP contribution in [-0.4, -0.2) is 20.9 Å². The Morgan fingerprint density at radius 2 is 1.78 bits per heavy atom. The van der Waals surface area contributed by atoms with Crippen LogP contribution in [0.4, 0.5) is 4.39 Å². The topological polar surface area (TPSA) is 55.1 Å². The minimum atomic E-state index is -0.849. The molecule has 3 rings (SSSR count). The number of benzene rings is 2.